The van der Waals surface area contributed by atoms with Gasteiger partial charge in [0, 0.05) is 13.2 Å². The van der Waals surface area contributed by atoms with E-state index in [1.165, 1.54) is 0 Å². The van der Waals surface area contributed by atoms with Crippen LogP contribution in [0, 0.1) is 0 Å². The summed E-state index contributed by atoms with van der Waals surface area (Å²) in [5.41, 5.74) is 0. The number of epoxide rings is 1. The van der Waals surface area contributed by atoms with Crippen molar-refractivity contribution in [2.75, 3.05) is 39.6 Å². The van der Waals surface area contributed by atoms with Gasteiger partial charge in [0.2, 0.25) is 0 Å². The van der Waals surface area contributed by atoms with Crippen molar-refractivity contribution in [3.8, 4) is 0 Å². The highest BCUT2D eigenvalue weighted by atomic mass is 16.7. The molecule has 0 aromatic carbocycles. The Labute approximate surface area is 280 Å². The second-order valence-corrected chi connectivity index (χ2v) is 13.0. The molecule has 0 aromatic rings. The van der Waals surface area contributed by atoms with Gasteiger partial charge in [-0.3, -0.25) is 0 Å². The summed E-state index contributed by atoms with van der Waals surface area (Å²) in [6.07, 6.45) is -15.2. The molecular weight excluding hydrogens is 644 g/mol. The van der Waals surface area contributed by atoms with E-state index < -0.39 is 105 Å². The third kappa shape index (κ3) is 10.9. The smallest absolute Gasteiger partial charge is 0.187 e. The van der Waals surface area contributed by atoms with Crippen LogP contribution in [0.3, 0.4) is 0 Å². The van der Waals surface area contributed by atoms with Gasteiger partial charge in [-0.05, 0) is 19.3 Å². The Kier molecular flexibility index (Phi) is 16.5. The van der Waals surface area contributed by atoms with Crippen LogP contribution in [0.2, 0.25) is 0 Å². The van der Waals surface area contributed by atoms with Crippen molar-refractivity contribution in [2.45, 2.75) is 157 Å². The lowest BCUT2D eigenvalue weighted by Gasteiger charge is -2.46. The Morgan fingerprint density at radius 3 is 1.83 bits per heavy atom. The second-order valence-electron chi connectivity index (χ2n) is 13.0. The highest BCUT2D eigenvalue weighted by Crippen LogP contribution is 2.31. The average Bonchev–Trinajstić information content (AvgIpc) is 3.91. The molecule has 0 radical (unpaired) electrons. The molecule has 4 rings (SSSR count). The predicted octanol–water partition coefficient (Wildman–Crippen LogP) is -2.98. The lowest BCUT2D eigenvalue weighted by molar-refractivity contribution is -0.366. The lowest BCUT2D eigenvalue weighted by Crippen LogP contribution is -2.65. The van der Waals surface area contributed by atoms with Gasteiger partial charge in [-0.15, -0.1) is 0 Å². The van der Waals surface area contributed by atoms with E-state index in [1.54, 1.807) is 0 Å². The van der Waals surface area contributed by atoms with E-state index in [2.05, 4.69) is 6.92 Å². The van der Waals surface area contributed by atoms with Gasteiger partial charge in [0.25, 0.3) is 0 Å². The third-order valence-corrected chi connectivity index (χ3v) is 9.15. The van der Waals surface area contributed by atoms with Crippen molar-refractivity contribution in [1.82, 2.24) is 0 Å². The first-order valence-corrected chi connectivity index (χ1v) is 17.2. The summed E-state index contributed by atoms with van der Waals surface area (Å²) in [5.74, 6) is 0. The number of aliphatic hydroxyl groups excluding tert-OH is 9. The van der Waals surface area contributed by atoms with Gasteiger partial charge in [0.05, 0.1) is 32.5 Å². The average molecular weight is 701 g/mol. The van der Waals surface area contributed by atoms with Gasteiger partial charge in [-0.25, -0.2) is 0 Å². The lowest BCUT2D eigenvalue weighted by atomic mass is 9.96. The molecule has 1 unspecified atom stereocenters. The topological polar surface area (TPSA) is 259 Å². The molecule has 48 heavy (non-hydrogen) atoms. The van der Waals surface area contributed by atoms with Crippen LogP contribution in [-0.2, 0) is 37.9 Å². The summed E-state index contributed by atoms with van der Waals surface area (Å²) in [6, 6.07) is 0. The van der Waals surface area contributed by atoms with Crippen LogP contribution in [0.4, 0.5) is 0 Å². The maximum Gasteiger partial charge on any atom is 0.187 e. The zero-order chi connectivity index (χ0) is 34.8. The zero-order valence-electron chi connectivity index (χ0n) is 27.4. The largest absolute Gasteiger partial charge is 0.394 e. The molecule has 9 N–H and O–H groups in total. The number of aliphatic hydroxyl groups is 9. The fraction of sp³-hybridized carbons (Fsp3) is 1.00. The Hall–Kier alpha value is -0.680. The molecule has 0 aliphatic carbocycles. The highest BCUT2D eigenvalue weighted by molar-refractivity contribution is 4.95. The molecule has 4 aliphatic rings. The minimum absolute atomic E-state index is 0.130. The number of unbranched alkanes of at least 4 members (excludes halogenated alkanes) is 5. The van der Waals surface area contributed by atoms with Gasteiger partial charge >= 0.3 is 0 Å². The quantitative estimate of drug-likeness (QED) is 0.0453. The zero-order valence-corrected chi connectivity index (χ0v) is 27.4. The van der Waals surface area contributed by atoms with Gasteiger partial charge in [-0.2, -0.15) is 0 Å². The van der Waals surface area contributed by atoms with Crippen LogP contribution in [0.15, 0.2) is 0 Å². The second kappa shape index (κ2) is 19.8. The van der Waals surface area contributed by atoms with Crippen LogP contribution in [0.5, 0.6) is 0 Å². The molecular formula is C31H56O17. The molecule has 0 spiro atoms. The molecule has 0 amide bonds. The summed E-state index contributed by atoms with van der Waals surface area (Å²) in [7, 11) is 0. The van der Waals surface area contributed by atoms with Crippen molar-refractivity contribution < 1.29 is 83.9 Å². The standard InChI is InChI=1S/C31H56O17/c1-2-3-4-5-6-7-11-42-30-27(40)28(22(35)19(46-30)15-44-29-25(38)23(36)20(33)17(12-32)45-29)48-31-26(39)24(37)21(34)18(47-31)14-41-10-8-9-16-13-43-16/h16-40H,2-15H2,1H3/t16?,17-,18-,19-,20-,21-,22-,23+,24+,25+,26+,27+,28+,29+,30-,31-/m1/s1. The summed E-state index contributed by atoms with van der Waals surface area (Å²) < 4.78 is 45.1. The normalized spacial score (nSPS) is 43.4. The van der Waals surface area contributed by atoms with E-state index in [0.717, 1.165) is 45.1 Å². The number of hydrogen-bond donors (Lipinski definition) is 9. The monoisotopic (exact) mass is 700 g/mol. The maximum absolute atomic E-state index is 11.3. The highest BCUT2D eigenvalue weighted by Gasteiger charge is 2.52. The number of ether oxygens (including phenoxy) is 8. The molecule has 0 bridgehead atoms. The Bertz CT molecular complexity index is 897. The van der Waals surface area contributed by atoms with Crippen LogP contribution in [-0.4, -0.2) is 184 Å². The molecule has 17 heteroatoms. The molecule has 4 saturated heterocycles. The van der Waals surface area contributed by atoms with Gasteiger partial charge in [0.15, 0.2) is 18.9 Å². The van der Waals surface area contributed by atoms with Crippen molar-refractivity contribution >= 4 is 0 Å². The third-order valence-electron chi connectivity index (χ3n) is 9.15. The predicted molar refractivity (Wildman–Crippen MR) is 161 cm³/mol. The van der Waals surface area contributed by atoms with Crippen molar-refractivity contribution in [1.29, 1.82) is 0 Å². The summed E-state index contributed by atoms with van der Waals surface area (Å²) in [5, 5.41) is 94.4. The Morgan fingerprint density at radius 2 is 1.15 bits per heavy atom. The van der Waals surface area contributed by atoms with Crippen LogP contribution < -0.4 is 0 Å². The summed E-state index contributed by atoms with van der Waals surface area (Å²) in [4.78, 5) is 0. The van der Waals surface area contributed by atoms with Gasteiger partial charge in [0.1, 0.15) is 73.2 Å². The molecule has 4 fully saturated rings. The van der Waals surface area contributed by atoms with Gasteiger partial charge < -0.3 is 83.9 Å². The number of hydrogen-bond acceptors (Lipinski definition) is 17. The van der Waals surface area contributed by atoms with Crippen molar-refractivity contribution in [3.63, 3.8) is 0 Å². The van der Waals surface area contributed by atoms with E-state index in [0.29, 0.717) is 19.4 Å². The Morgan fingerprint density at radius 1 is 0.562 bits per heavy atom. The molecule has 4 aliphatic heterocycles. The summed E-state index contributed by atoms with van der Waals surface area (Å²) in [6.45, 7) is 2.10. The van der Waals surface area contributed by atoms with Crippen LogP contribution >= 0.6 is 0 Å². The molecule has 16 atom stereocenters. The van der Waals surface area contributed by atoms with Gasteiger partial charge in [-0.1, -0.05) is 39.0 Å². The van der Waals surface area contributed by atoms with Crippen molar-refractivity contribution in [3.05, 3.63) is 0 Å². The molecule has 282 valence electrons. The first-order valence-electron chi connectivity index (χ1n) is 17.2. The van der Waals surface area contributed by atoms with E-state index >= 15 is 0 Å². The Balaban J connectivity index is 1.39. The van der Waals surface area contributed by atoms with Crippen LogP contribution in [0.25, 0.3) is 0 Å². The molecule has 17 nitrogen and oxygen atoms in total. The van der Waals surface area contributed by atoms with Crippen molar-refractivity contribution in [2.24, 2.45) is 0 Å². The van der Waals surface area contributed by atoms with E-state index in [-0.39, 0.29) is 19.3 Å². The number of rotatable bonds is 20. The molecule has 4 heterocycles. The SMILES string of the molecule is CCCCCCCCO[C@@H]1O[C@H](CO[C@H]2O[C@H](CO)[C@@H](O)[C@H](O)[C@@H]2O)[C@@H](O)[C@H](O[C@H]2O[C@H](COCCCC3CO3)[C@@H](O)[C@H](O)[C@@H]2O)[C@@H]1O. The fourth-order valence-corrected chi connectivity index (χ4v) is 5.98. The van der Waals surface area contributed by atoms with Crippen LogP contribution in [0.1, 0.15) is 58.3 Å². The van der Waals surface area contributed by atoms with E-state index in [1.807, 2.05) is 0 Å². The minimum Gasteiger partial charge on any atom is -0.394 e. The summed E-state index contributed by atoms with van der Waals surface area (Å²) >= 11 is 0. The molecule has 0 aromatic heterocycles. The first kappa shape index (κ1) is 40.1. The minimum atomic E-state index is -1.77. The first-order chi connectivity index (χ1) is 23.1. The van der Waals surface area contributed by atoms with E-state index in [4.69, 9.17) is 37.9 Å². The fourth-order valence-electron chi connectivity index (χ4n) is 5.98. The van der Waals surface area contributed by atoms with E-state index in [9.17, 15) is 46.0 Å². The molecule has 0 saturated carbocycles. The maximum atomic E-state index is 11.3.